The molecular weight excluding hydrogens is 354 g/mol. The first kappa shape index (κ1) is 20.5. The van der Waals surface area contributed by atoms with E-state index in [0.717, 1.165) is 42.1 Å². The van der Waals surface area contributed by atoms with Gasteiger partial charge in [0.1, 0.15) is 0 Å². The van der Waals surface area contributed by atoms with E-state index in [9.17, 15) is 13.2 Å². The maximum atomic E-state index is 12.1. The molecular formula is C18H27N3O4S. The van der Waals surface area contributed by atoms with Crippen LogP contribution in [0.25, 0.3) is 6.08 Å². The van der Waals surface area contributed by atoms with Gasteiger partial charge in [-0.3, -0.25) is 14.6 Å². The van der Waals surface area contributed by atoms with Crippen LogP contribution in [0, 0.1) is 0 Å². The quantitative estimate of drug-likeness (QED) is 0.495. The summed E-state index contributed by atoms with van der Waals surface area (Å²) in [6.07, 6.45) is 11.5. The van der Waals surface area contributed by atoms with Crippen LogP contribution in [-0.2, 0) is 19.7 Å². The number of carbonyl (C=O) groups excluding carboxylic acids is 1. The zero-order chi connectivity index (χ0) is 18.7. The predicted octanol–water partition coefficient (Wildman–Crippen LogP) is 2.13. The lowest BCUT2D eigenvalue weighted by Crippen LogP contribution is -2.37. The minimum absolute atomic E-state index is 0.118. The number of pyridine rings is 1. The summed E-state index contributed by atoms with van der Waals surface area (Å²) in [5.41, 5.74) is 0.876. The Balaban J connectivity index is 1.52. The fourth-order valence-electron chi connectivity index (χ4n) is 2.58. The monoisotopic (exact) mass is 381 g/mol. The summed E-state index contributed by atoms with van der Waals surface area (Å²) in [6.45, 7) is 1.52. The lowest BCUT2D eigenvalue weighted by atomic mass is 10.2. The fraction of sp³-hybridized carbons (Fsp3) is 0.556. The maximum Gasteiger partial charge on any atom is 0.243 e. The molecule has 2 rings (SSSR count). The standard InChI is InChI=1S/C18H27N3O4S/c22-18(10-9-17-8-7-11-19-16-17)20-12-3-1-2-6-15-26(23,24)21-13-4-5-14-25-21/h7-11,16H,1-6,12-15H2,(H,20,22). The maximum absolute atomic E-state index is 12.1. The van der Waals surface area contributed by atoms with E-state index in [1.165, 1.54) is 6.08 Å². The van der Waals surface area contributed by atoms with E-state index >= 15 is 0 Å². The molecule has 0 bridgehead atoms. The van der Waals surface area contributed by atoms with Gasteiger partial charge in [-0.2, -0.15) is 0 Å². The van der Waals surface area contributed by atoms with Gasteiger partial charge in [-0.1, -0.05) is 23.4 Å². The lowest BCUT2D eigenvalue weighted by molar-refractivity contribution is -0.116. The molecule has 1 aliphatic rings. The average Bonchev–Trinajstić information content (AvgIpc) is 2.67. The second-order valence-corrected chi connectivity index (χ2v) is 8.19. The molecule has 26 heavy (non-hydrogen) atoms. The Morgan fingerprint density at radius 3 is 2.85 bits per heavy atom. The van der Waals surface area contributed by atoms with Gasteiger partial charge in [-0.25, -0.2) is 8.42 Å². The number of aromatic nitrogens is 1. The van der Waals surface area contributed by atoms with E-state index in [-0.39, 0.29) is 11.7 Å². The first-order valence-corrected chi connectivity index (χ1v) is 10.7. The summed E-state index contributed by atoms with van der Waals surface area (Å²) in [5.74, 6) is -0.0219. The van der Waals surface area contributed by atoms with Crippen LogP contribution in [0.3, 0.4) is 0 Å². The molecule has 0 unspecified atom stereocenters. The van der Waals surface area contributed by atoms with E-state index in [1.54, 1.807) is 18.5 Å². The summed E-state index contributed by atoms with van der Waals surface area (Å²) >= 11 is 0. The van der Waals surface area contributed by atoms with Crippen LogP contribution in [0.2, 0.25) is 0 Å². The minimum atomic E-state index is -3.30. The topological polar surface area (TPSA) is 88.6 Å². The lowest BCUT2D eigenvalue weighted by Gasteiger charge is -2.25. The zero-order valence-electron chi connectivity index (χ0n) is 15.0. The van der Waals surface area contributed by atoms with Gasteiger partial charge in [-0.15, -0.1) is 0 Å². The van der Waals surface area contributed by atoms with Crippen molar-refractivity contribution in [3.8, 4) is 0 Å². The molecule has 8 heteroatoms. The van der Waals surface area contributed by atoms with Gasteiger partial charge in [0, 0.05) is 31.6 Å². The van der Waals surface area contributed by atoms with Crippen molar-refractivity contribution in [2.45, 2.75) is 38.5 Å². The van der Waals surface area contributed by atoms with Crippen molar-refractivity contribution in [3.63, 3.8) is 0 Å². The number of amides is 1. The van der Waals surface area contributed by atoms with Crippen LogP contribution in [-0.4, -0.2) is 49.2 Å². The van der Waals surface area contributed by atoms with E-state index in [1.807, 2.05) is 12.1 Å². The molecule has 7 nitrogen and oxygen atoms in total. The summed E-state index contributed by atoms with van der Waals surface area (Å²) < 4.78 is 25.3. The highest BCUT2D eigenvalue weighted by molar-refractivity contribution is 7.88. The molecule has 0 saturated carbocycles. The highest BCUT2D eigenvalue weighted by Gasteiger charge is 2.24. The molecule has 0 aromatic carbocycles. The number of carbonyl (C=O) groups is 1. The highest BCUT2D eigenvalue weighted by Crippen LogP contribution is 2.13. The van der Waals surface area contributed by atoms with Crippen molar-refractivity contribution in [3.05, 3.63) is 36.2 Å². The molecule has 1 aromatic rings. The number of nitrogens with zero attached hydrogens (tertiary/aromatic N) is 2. The first-order valence-electron chi connectivity index (χ1n) is 9.07. The van der Waals surface area contributed by atoms with Gasteiger partial charge in [0.2, 0.25) is 15.9 Å². The molecule has 144 valence electrons. The van der Waals surface area contributed by atoms with Crippen molar-refractivity contribution in [1.82, 2.24) is 14.8 Å². The number of unbranched alkanes of at least 4 members (excludes halogenated alkanes) is 3. The Morgan fingerprint density at radius 2 is 2.12 bits per heavy atom. The fourth-order valence-corrected chi connectivity index (χ4v) is 3.99. The molecule has 1 N–H and O–H groups in total. The Hall–Kier alpha value is -1.77. The van der Waals surface area contributed by atoms with Crippen molar-refractivity contribution < 1.29 is 18.0 Å². The Bertz CT molecular complexity index is 671. The van der Waals surface area contributed by atoms with Gasteiger partial charge in [0.05, 0.1) is 12.4 Å². The average molecular weight is 381 g/mol. The van der Waals surface area contributed by atoms with Crippen LogP contribution in [0.5, 0.6) is 0 Å². The first-order chi connectivity index (χ1) is 12.6. The normalized spacial score (nSPS) is 16.0. The van der Waals surface area contributed by atoms with Crippen molar-refractivity contribution in [2.75, 3.05) is 25.4 Å². The number of sulfonamides is 1. The SMILES string of the molecule is O=C(C=Cc1cccnc1)NCCCCCCS(=O)(=O)N1CCCCO1. The number of hydrogen-bond donors (Lipinski definition) is 1. The van der Waals surface area contributed by atoms with Gasteiger partial charge < -0.3 is 5.32 Å². The number of hydroxylamine groups is 1. The predicted molar refractivity (Wildman–Crippen MR) is 100 cm³/mol. The number of rotatable bonds is 10. The van der Waals surface area contributed by atoms with Gasteiger partial charge in [0.25, 0.3) is 0 Å². The highest BCUT2D eigenvalue weighted by atomic mass is 32.2. The Kier molecular flexibility index (Phi) is 8.73. The third-order valence-electron chi connectivity index (χ3n) is 4.02. The number of hydrogen-bond acceptors (Lipinski definition) is 5. The van der Waals surface area contributed by atoms with Crippen LogP contribution in [0.15, 0.2) is 30.6 Å². The number of nitrogens with one attached hydrogen (secondary N) is 1. The molecule has 0 spiro atoms. The third-order valence-corrected chi connectivity index (χ3v) is 5.73. The van der Waals surface area contributed by atoms with E-state index < -0.39 is 10.0 Å². The minimum Gasteiger partial charge on any atom is -0.353 e. The summed E-state index contributed by atoms with van der Waals surface area (Å²) in [7, 11) is -3.30. The molecule has 1 amide bonds. The molecule has 0 aliphatic carbocycles. The molecule has 0 atom stereocenters. The zero-order valence-corrected chi connectivity index (χ0v) is 15.8. The molecule has 0 radical (unpaired) electrons. The Morgan fingerprint density at radius 1 is 1.27 bits per heavy atom. The molecule has 1 aliphatic heterocycles. The molecule has 2 heterocycles. The van der Waals surface area contributed by atoms with Gasteiger partial charge in [-0.05, 0) is 43.4 Å². The van der Waals surface area contributed by atoms with Crippen LogP contribution in [0.1, 0.15) is 44.1 Å². The Labute approximate surface area is 155 Å². The van der Waals surface area contributed by atoms with E-state index in [2.05, 4.69) is 10.3 Å². The summed E-state index contributed by atoms with van der Waals surface area (Å²) in [5, 5.41) is 2.82. The van der Waals surface area contributed by atoms with Gasteiger partial charge >= 0.3 is 0 Å². The van der Waals surface area contributed by atoms with Crippen molar-refractivity contribution in [1.29, 1.82) is 0 Å². The second-order valence-electron chi connectivity index (χ2n) is 6.21. The second kappa shape index (κ2) is 11.1. The summed E-state index contributed by atoms with van der Waals surface area (Å²) in [6, 6.07) is 3.69. The molecule has 1 saturated heterocycles. The van der Waals surface area contributed by atoms with Crippen LogP contribution < -0.4 is 5.32 Å². The summed E-state index contributed by atoms with van der Waals surface area (Å²) in [4.78, 5) is 20.9. The third kappa shape index (κ3) is 7.63. The van der Waals surface area contributed by atoms with Gasteiger partial charge in [0.15, 0.2) is 0 Å². The van der Waals surface area contributed by atoms with Crippen LogP contribution >= 0.6 is 0 Å². The molecule has 1 fully saturated rings. The van der Waals surface area contributed by atoms with Crippen LogP contribution in [0.4, 0.5) is 0 Å². The largest absolute Gasteiger partial charge is 0.353 e. The van der Waals surface area contributed by atoms with E-state index in [0.29, 0.717) is 26.1 Å². The molecule has 1 aromatic heterocycles. The van der Waals surface area contributed by atoms with Crippen molar-refractivity contribution in [2.24, 2.45) is 0 Å². The van der Waals surface area contributed by atoms with Crippen molar-refractivity contribution >= 4 is 22.0 Å². The smallest absolute Gasteiger partial charge is 0.243 e. The van der Waals surface area contributed by atoms with E-state index in [4.69, 9.17) is 4.84 Å².